The van der Waals surface area contributed by atoms with E-state index in [1.165, 1.54) is 0 Å². The molecule has 0 radical (unpaired) electrons. The third-order valence-electron chi connectivity index (χ3n) is 3.00. The van der Waals surface area contributed by atoms with E-state index in [2.05, 4.69) is 15.6 Å². The first-order chi connectivity index (χ1) is 11.2. The zero-order valence-corrected chi connectivity index (χ0v) is 15.8. The second kappa shape index (κ2) is 9.37. The second-order valence-electron chi connectivity index (χ2n) is 6.42. The molecule has 0 fully saturated rings. The van der Waals surface area contributed by atoms with Gasteiger partial charge in [0.15, 0.2) is 5.96 Å². The van der Waals surface area contributed by atoms with Gasteiger partial charge >= 0.3 is 0 Å². The molecular formula is C17H27ClN4O2. The van der Waals surface area contributed by atoms with Crippen LogP contribution in [0.3, 0.4) is 0 Å². The Morgan fingerprint density at radius 1 is 1.29 bits per heavy atom. The van der Waals surface area contributed by atoms with Crippen LogP contribution in [0.5, 0.6) is 5.75 Å². The van der Waals surface area contributed by atoms with E-state index in [4.69, 9.17) is 16.3 Å². The molecule has 1 aromatic rings. The number of aliphatic imine (C=N–C) groups is 1. The van der Waals surface area contributed by atoms with Gasteiger partial charge < -0.3 is 20.3 Å². The number of carbonyl (C=O) groups excluding carboxylic acids is 1. The molecule has 0 unspecified atom stereocenters. The third kappa shape index (κ3) is 8.06. The van der Waals surface area contributed by atoms with Crippen LogP contribution >= 0.6 is 11.6 Å². The zero-order valence-electron chi connectivity index (χ0n) is 15.0. The van der Waals surface area contributed by atoms with Crippen LogP contribution in [0, 0.1) is 0 Å². The van der Waals surface area contributed by atoms with Gasteiger partial charge in [0.05, 0.1) is 13.1 Å². The van der Waals surface area contributed by atoms with Gasteiger partial charge in [0, 0.05) is 24.7 Å². The number of amides is 1. The molecule has 2 N–H and O–H groups in total. The molecule has 0 spiro atoms. The van der Waals surface area contributed by atoms with Gasteiger partial charge in [-0.1, -0.05) is 11.6 Å². The molecule has 0 aliphatic rings. The van der Waals surface area contributed by atoms with Crippen molar-refractivity contribution in [2.45, 2.75) is 26.3 Å². The molecule has 0 atom stereocenters. The van der Waals surface area contributed by atoms with E-state index in [0.717, 1.165) is 5.75 Å². The van der Waals surface area contributed by atoms with Gasteiger partial charge in [-0.25, -0.2) is 0 Å². The highest BCUT2D eigenvalue weighted by Gasteiger charge is 2.14. The minimum atomic E-state index is -0.249. The second-order valence-corrected chi connectivity index (χ2v) is 6.86. The number of carbonyl (C=O) groups is 1. The maximum absolute atomic E-state index is 11.8. The number of hydrogen-bond acceptors (Lipinski definition) is 3. The highest BCUT2D eigenvalue weighted by Crippen LogP contribution is 2.15. The van der Waals surface area contributed by atoms with Crippen LogP contribution in [-0.4, -0.2) is 56.1 Å². The first-order valence-corrected chi connectivity index (χ1v) is 8.20. The van der Waals surface area contributed by atoms with Gasteiger partial charge in [-0.3, -0.25) is 9.79 Å². The van der Waals surface area contributed by atoms with Gasteiger partial charge in [-0.2, -0.15) is 0 Å². The number of ether oxygens (including phenoxy) is 1. The summed E-state index contributed by atoms with van der Waals surface area (Å²) >= 11 is 5.84. The maximum Gasteiger partial charge on any atom is 0.239 e. The van der Waals surface area contributed by atoms with Crippen molar-refractivity contribution in [3.8, 4) is 5.75 Å². The molecule has 0 aliphatic carbocycles. The van der Waals surface area contributed by atoms with Crippen LogP contribution in [0.25, 0.3) is 0 Å². The van der Waals surface area contributed by atoms with Crippen LogP contribution < -0.4 is 15.4 Å². The number of benzene rings is 1. The predicted molar refractivity (Wildman–Crippen MR) is 98.8 cm³/mol. The Labute approximate surface area is 149 Å². The molecule has 0 aliphatic heterocycles. The molecule has 0 bridgehead atoms. The summed E-state index contributed by atoms with van der Waals surface area (Å²) in [6.45, 7) is 7.13. The van der Waals surface area contributed by atoms with Crippen molar-refractivity contribution < 1.29 is 9.53 Å². The van der Waals surface area contributed by atoms with Crippen LogP contribution in [0.2, 0.25) is 5.02 Å². The minimum Gasteiger partial charge on any atom is -0.492 e. The number of nitrogens with one attached hydrogen (secondary N) is 2. The van der Waals surface area contributed by atoms with E-state index in [1.807, 2.05) is 44.9 Å². The number of nitrogens with zero attached hydrogens (tertiary/aromatic N) is 2. The van der Waals surface area contributed by atoms with Gasteiger partial charge in [0.1, 0.15) is 12.4 Å². The summed E-state index contributed by atoms with van der Waals surface area (Å²) in [5.74, 6) is 1.33. The normalized spacial score (nSPS) is 11.8. The summed E-state index contributed by atoms with van der Waals surface area (Å²) in [6.07, 6.45) is 0. The van der Waals surface area contributed by atoms with E-state index < -0.39 is 0 Å². The van der Waals surface area contributed by atoms with E-state index in [9.17, 15) is 4.79 Å². The summed E-state index contributed by atoms with van der Waals surface area (Å²) in [4.78, 5) is 17.9. The topological polar surface area (TPSA) is 66.0 Å². The highest BCUT2D eigenvalue weighted by atomic mass is 35.5. The Balaban J connectivity index is 2.37. The fraction of sp³-hybridized carbons (Fsp3) is 0.529. The lowest BCUT2D eigenvalue weighted by molar-refractivity contribution is -0.121. The molecule has 6 nitrogen and oxygen atoms in total. The number of halogens is 1. The lowest BCUT2D eigenvalue weighted by atomic mass is 10.1. The molecule has 0 saturated carbocycles. The van der Waals surface area contributed by atoms with E-state index >= 15 is 0 Å². The van der Waals surface area contributed by atoms with Crippen molar-refractivity contribution in [1.29, 1.82) is 0 Å². The first kappa shape index (κ1) is 20.1. The number of hydrogen-bond donors (Lipinski definition) is 2. The Morgan fingerprint density at radius 3 is 2.46 bits per heavy atom. The van der Waals surface area contributed by atoms with Gasteiger partial charge in [0.2, 0.25) is 5.91 Å². The lowest BCUT2D eigenvalue weighted by Crippen LogP contribution is -2.48. The fourth-order valence-corrected chi connectivity index (χ4v) is 2.07. The van der Waals surface area contributed by atoms with Crippen molar-refractivity contribution in [2.24, 2.45) is 4.99 Å². The molecule has 1 amide bonds. The molecule has 24 heavy (non-hydrogen) atoms. The van der Waals surface area contributed by atoms with Crippen LogP contribution in [0.1, 0.15) is 20.8 Å². The summed E-state index contributed by atoms with van der Waals surface area (Å²) in [6, 6.07) is 7.22. The van der Waals surface area contributed by atoms with Crippen LogP contribution in [-0.2, 0) is 4.79 Å². The molecule has 1 rings (SSSR count). The zero-order chi connectivity index (χ0) is 18.2. The van der Waals surface area contributed by atoms with Crippen molar-refractivity contribution in [3.05, 3.63) is 29.3 Å². The van der Waals surface area contributed by atoms with Crippen LogP contribution in [0.4, 0.5) is 0 Å². The minimum absolute atomic E-state index is 0.0746. The molecule has 1 aromatic carbocycles. The standard InChI is InChI=1S/C17H27ClN4O2/c1-17(2,3)21-15(23)12-20-16(19-4)22(5)10-11-24-14-8-6-13(18)7-9-14/h6-9H,10-12H2,1-5H3,(H,19,20)(H,21,23). The number of guanidine groups is 1. The summed E-state index contributed by atoms with van der Waals surface area (Å²) in [5, 5.41) is 6.61. The molecule has 0 heterocycles. The van der Waals surface area contributed by atoms with Gasteiger partial charge in [-0.05, 0) is 45.0 Å². The van der Waals surface area contributed by atoms with E-state index in [1.54, 1.807) is 19.2 Å². The monoisotopic (exact) mass is 354 g/mol. The van der Waals surface area contributed by atoms with E-state index in [-0.39, 0.29) is 18.0 Å². The average molecular weight is 355 g/mol. The third-order valence-corrected chi connectivity index (χ3v) is 3.26. The Kier molecular flexibility index (Phi) is 7.85. The van der Waals surface area contributed by atoms with Crippen LogP contribution in [0.15, 0.2) is 29.3 Å². The Hall–Kier alpha value is -1.95. The molecule has 0 saturated heterocycles. The smallest absolute Gasteiger partial charge is 0.239 e. The van der Waals surface area contributed by atoms with Gasteiger partial charge in [-0.15, -0.1) is 0 Å². The lowest BCUT2D eigenvalue weighted by Gasteiger charge is -2.24. The maximum atomic E-state index is 11.8. The molecule has 0 aromatic heterocycles. The van der Waals surface area contributed by atoms with Gasteiger partial charge in [0.25, 0.3) is 0 Å². The average Bonchev–Trinajstić information content (AvgIpc) is 2.48. The van der Waals surface area contributed by atoms with E-state index in [0.29, 0.717) is 24.1 Å². The fourth-order valence-electron chi connectivity index (χ4n) is 1.94. The number of rotatable bonds is 6. The summed E-state index contributed by atoms with van der Waals surface area (Å²) < 4.78 is 5.66. The predicted octanol–water partition coefficient (Wildman–Crippen LogP) is 2.14. The molecule has 7 heteroatoms. The quantitative estimate of drug-likeness (QED) is 0.606. The Morgan fingerprint density at radius 2 is 1.92 bits per heavy atom. The SMILES string of the molecule is CN=C(NCC(=O)NC(C)(C)C)N(C)CCOc1ccc(Cl)cc1. The van der Waals surface area contributed by atoms with Crippen molar-refractivity contribution in [3.63, 3.8) is 0 Å². The first-order valence-electron chi connectivity index (χ1n) is 7.82. The Bertz CT molecular complexity index is 553. The van der Waals surface area contributed by atoms with Crippen molar-refractivity contribution in [2.75, 3.05) is 33.8 Å². The highest BCUT2D eigenvalue weighted by molar-refractivity contribution is 6.30. The summed E-state index contributed by atoms with van der Waals surface area (Å²) in [5.41, 5.74) is -0.249. The van der Waals surface area contributed by atoms with Crippen molar-refractivity contribution in [1.82, 2.24) is 15.5 Å². The van der Waals surface area contributed by atoms with Crippen molar-refractivity contribution >= 4 is 23.5 Å². The molecular weight excluding hydrogens is 328 g/mol. The largest absolute Gasteiger partial charge is 0.492 e. The molecule has 134 valence electrons. The summed E-state index contributed by atoms with van der Waals surface area (Å²) in [7, 11) is 3.57. The number of likely N-dealkylation sites (N-methyl/N-ethyl adjacent to an activating group) is 1.